The highest BCUT2D eigenvalue weighted by Crippen LogP contribution is 2.30. The van der Waals surface area contributed by atoms with Crippen LogP contribution in [0, 0.1) is 0 Å². The number of fused-ring (bicyclic) bond motifs is 1. The van der Waals surface area contributed by atoms with E-state index in [4.69, 9.17) is 0 Å². The van der Waals surface area contributed by atoms with E-state index >= 15 is 0 Å². The van der Waals surface area contributed by atoms with Crippen molar-refractivity contribution in [3.63, 3.8) is 0 Å². The van der Waals surface area contributed by atoms with Gasteiger partial charge in [0.2, 0.25) is 0 Å². The minimum atomic E-state index is -3.52. The molecular formula is C15H21N3O2S. The smallest absolute Gasteiger partial charge is 0.285 e. The second-order valence-electron chi connectivity index (χ2n) is 5.94. The number of nitrogens with zero attached hydrogens (tertiary/aromatic N) is 2. The zero-order chi connectivity index (χ0) is 15.0. The van der Waals surface area contributed by atoms with Gasteiger partial charge in [-0.15, -0.1) is 4.40 Å². The fraction of sp³-hybridized carbons (Fsp3) is 0.533. The normalized spacial score (nSPS) is 23.5. The fourth-order valence-corrected chi connectivity index (χ4v) is 4.21. The minimum absolute atomic E-state index is 0.313. The molecule has 1 aromatic carbocycles. The molecule has 0 radical (unpaired) electrons. The van der Waals surface area contributed by atoms with Crippen LogP contribution in [0.25, 0.3) is 0 Å². The molecule has 0 amide bonds. The van der Waals surface area contributed by atoms with Crippen LogP contribution in [-0.4, -0.2) is 44.3 Å². The van der Waals surface area contributed by atoms with Gasteiger partial charge in [0.1, 0.15) is 4.90 Å². The highest BCUT2D eigenvalue weighted by atomic mass is 32.2. The third kappa shape index (κ3) is 2.70. The van der Waals surface area contributed by atoms with Crippen LogP contribution in [0.1, 0.15) is 32.3 Å². The zero-order valence-corrected chi connectivity index (χ0v) is 13.2. The molecule has 0 bridgehead atoms. The Bertz CT molecular complexity index is 667. The monoisotopic (exact) mass is 307 g/mol. The molecule has 1 aromatic rings. The Morgan fingerprint density at radius 2 is 2.14 bits per heavy atom. The maximum atomic E-state index is 12.2. The number of likely N-dealkylation sites (tertiary alicyclic amines) is 1. The molecule has 5 nitrogen and oxygen atoms in total. The maximum absolute atomic E-state index is 12.2. The third-order valence-corrected chi connectivity index (χ3v) is 5.35. The van der Waals surface area contributed by atoms with E-state index in [9.17, 15) is 8.42 Å². The lowest BCUT2D eigenvalue weighted by atomic mass is 10.1. The van der Waals surface area contributed by atoms with Crippen molar-refractivity contribution in [1.82, 2.24) is 10.2 Å². The summed E-state index contributed by atoms with van der Waals surface area (Å²) in [7, 11) is -3.52. The largest absolute Gasteiger partial charge is 0.351 e. The van der Waals surface area contributed by atoms with Gasteiger partial charge in [0.15, 0.2) is 5.84 Å². The summed E-state index contributed by atoms with van der Waals surface area (Å²) < 4.78 is 28.4. The molecule has 0 aliphatic carbocycles. The average Bonchev–Trinajstić information content (AvgIpc) is 3.00. The molecule has 2 aliphatic rings. The summed E-state index contributed by atoms with van der Waals surface area (Å²) >= 11 is 0. The van der Waals surface area contributed by atoms with Gasteiger partial charge in [-0.1, -0.05) is 26.0 Å². The van der Waals surface area contributed by atoms with Crippen molar-refractivity contribution in [2.45, 2.75) is 43.7 Å². The maximum Gasteiger partial charge on any atom is 0.285 e. The summed E-state index contributed by atoms with van der Waals surface area (Å²) in [5.74, 6) is 0.624. The first-order valence-corrected chi connectivity index (χ1v) is 8.87. The molecule has 1 atom stereocenters. The van der Waals surface area contributed by atoms with Crippen LogP contribution >= 0.6 is 0 Å². The van der Waals surface area contributed by atoms with Crippen LogP contribution in [0.2, 0.25) is 0 Å². The zero-order valence-electron chi connectivity index (χ0n) is 12.4. The first-order chi connectivity index (χ1) is 9.99. The molecule has 1 unspecified atom stereocenters. The number of hydrogen-bond acceptors (Lipinski definition) is 4. The van der Waals surface area contributed by atoms with E-state index in [1.807, 2.05) is 12.1 Å². The standard InChI is InChI=1S/C15H21N3O2S/c1-11(2)16-10-12-6-5-9-18(12)15-13-7-3-4-8-14(13)21(19,20)17-15/h3-4,7-8,11-12,16H,5-6,9-10H2,1-2H3. The number of amidine groups is 1. The molecule has 0 aromatic heterocycles. The molecule has 21 heavy (non-hydrogen) atoms. The number of nitrogens with one attached hydrogen (secondary N) is 1. The van der Waals surface area contributed by atoms with Crippen LogP contribution in [0.3, 0.4) is 0 Å². The molecule has 2 aliphatic heterocycles. The summed E-state index contributed by atoms with van der Waals surface area (Å²) in [6.07, 6.45) is 2.15. The predicted molar refractivity (Wildman–Crippen MR) is 83.0 cm³/mol. The molecule has 3 rings (SSSR count). The van der Waals surface area contributed by atoms with Crippen molar-refractivity contribution in [1.29, 1.82) is 0 Å². The SMILES string of the molecule is CC(C)NCC1CCCN1C1=NS(=O)(=O)c2ccccc21. The fourth-order valence-electron chi connectivity index (χ4n) is 2.99. The quantitative estimate of drug-likeness (QED) is 0.921. The van der Waals surface area contributed by atoms with E-state index < -0.39 is 10.0 Å². The van der Waals surface area contributed by atoms with Gasteiger partial charge in [-0.2, -0.15) is 8.42 Å². The van der Waals surface area contributed by atoms with E-state index in [0.717, 1.165) is 31.5 Å². The topological polar surface area (TPSA) is 61.8 Å². The van der Waals surface area contributed by atoms with E-state index in [1.54, 1.807) is 12.1 Å². The Hall–Kier alpha value is -1.40. The van der Waals surface area contributed by atoms with Crippen molar-refractivity contribution >= 4 is 15.9 Å². The molecule has 114 valence electrons. The Balaban J connectivity index is 1.90. The first-order valence-electron chi connectivity index (χ1n) is 7.43. The molecule has 0 spiro atoms. The van der Waals surface area contributed by atoms with Gasteiger partial charge in [0, 0.05) is 30.7 Å². The van der Waals surface area contributed by atoms with Gasteiger partial charge in [0.25, 0.3) is 10.0 Å². The van der Waals surface area contributed by atoms with E-state index in [1.165, 1.54) is 0 Å². The van der Waals surface area contributed by atoms with Crippen molar-refractivity contribution in [2.24, 2.45) is 4.40 Å². The van der Waals surface area contributed by atoms with Gasteiger partial charge in [-0.3, -0.25) is 0 Å². The second kappa shape index (κ2) is 5.42. The van der Waals surface area contributed by atoms with Crippen molar-refractivity contribution < 1.29 is 8.42 Å². The minimum Gasteiger partial charge on any atom is -0.351 e. The Morgan fingerprint density at radius 1 is 1.38 bits per heavy atom. The van der Waals surface area contributed by atoms with Crippen LogP contribution in [0.5, 0.6) is 0 Å². The summed E-state index contributed by atoms with van der Waals surface area (Å²) in [4.78, 5) is 2.49. The predicted octanol–water partition coefficient (Wildman–Crippen LogP) is 1.60. The lowest BCUT2D eigenvalue weighted by Crippen LogP contribution is -2.43. The summed E-state index contributed by atoms with van der Waals surface area (Å²) in [6, 6.07) is 7.84. The molecule has 6 heteroatoms. The van der Waals surface area contributed by atoms with E-state index in [0.29, 0.717) is 22.8 Å². The van der Waals surface area contributed by atoms with E-state index in [-0.39, 0.29) is 0 Å². The molecule has 1 fully saturated rings. The third-order valence-electron chi connectivity index (χ3n) is 4.02. The van der Waals surface area contributed by atoms with Gasteiger partial charge in [-0.25, -0.2) is 0 Å². The average molecular weight is 307 g/mol. The second-order valence-corrected chi connectivity index (χ2v) is 7.51. The van der Waals surface area contributed by atoms with Gasteiger partial charge in [0.05, 0.1) is 0 Å². The summed E-state index contributed by atoms with van der Waals surface area (Å²) in [6.45, 7) is 5.96. The summed E-state index contributed by atoms with van der Waals surface area (Å²) in [5.41, 5.74) is 0.744. The number of benzene rings is 1. The Morgan fingerprint density at radius 3 is 2.90 bits per heavy atom. The van der Waals surface area contributed by atoms with Gasteiger partial charge >= 0.3 is 0 Å². The number of sulfonamides is 1. The summed E-state index contributed by atoms with van der Waals surface area (Å²) in [5, 5.41) is 3.44. The number of rotatable bonds is 3. The van der Waals surface area contributed by atoms with E-state index in [2.05, 4.69) is 28.5 Å². The number of hydrogen-bond donors (Lipinski definition) is 1. The molecule has 1 saturated heterocycles. The molecule has 1 N–H and O–H groups in total. The van der Waals surface area contributed by atoms with Gasteiger partial charge in [-0.05, 0) is 25.0 Å². The van der Waals surface area contributed by atoms with Crippen LogP contribution in [0.4, 0.5) is 0 Å². The highest BCUT2D eigenvalue weighted by molar-refractivity contribution is 7.90. The molecular weight excluding hydrogens is 286 g/mol. The van der Waals surface area contributed by atoms with Crippen LogP contribution in [0.15, 0.2) is 33.6 Å². The lowest BCUT2D eigenvalue weighted by Gasteiger charge is -2.27. The van der Waals surface area contributed by atoms with Crippen molar-refractivity contribution in [3.05, 3.63) is 29.8 Å². The van der Waals surface area contributed by atoms with Crippen molar-refractivity contribution in [3.8, 4) is 0 Å². The lowest BCUT2D eigenvalue weighted by molar-refractivity contribution is 0.362. The van der Waals surface area contributed by atoms with Crippen molar-refractivity contribution in [2.75, 3.05) is 13.1 Å². The molecule has 0 saturated carbocycles. The highest BCUT2D eigenvalue weighted by Gasteiger charge is 2.36. The van der Waals surface area contributed by atoms with Crippen LogP contribution in [-0.2, 0) is 10.0 Å². The van der Waals surface area contributed by atoms with Crippen LogP contribution < -0.4 is 5.32 Å². The Kier molecular flexibility index (Phi) is 3.75. The Labute approximate surface area is 126 Å². The first kappa shape index (κ1) is 14.5. The molecule has 2 heterocycles. The van der Waals surface area contributed by atoms with Gasteiger partial charge < -0.3 is 10.2 Å².